The highest BCUT2D eigenvalue weighted by Crippen LogP contribution is 2.41. The van der Waals surface area contributed by atoms with Crippen molar-refractivity contribution in [3.63, 3.8) is 0 Å². The maximum Gasteiger partial charge on any atom is 0.348 e. The van der Waals surface area contributed by atoms with Crippen LogP contribution in [-0.2, 0) is 11.3 Å². The second-order valence-corrected chi connectivity index (χ2v) is 7.19. The summed E-state index contributed by atoms with van der Waals surface area (Å²) < 4.78 is 23.0. The van der Waals surface area contributed by atoms with Crippen LogP contribution >= 0.6 is 11.3 Å². The van der Waals surface area contributed by atoms with Crippen LogP contribution in [0.15, 0.2) is 60.7 Å². The number of rotatable bonds is 5. The highest BCUT2D eigenvalue weighted by atomic mass is 32.2. The summed E-state index contributed by atoms with van der Waals surface area (Å²) >= 11 is -1.33. The van der Waals surface area contributed by atoms with Crippen LogP contribution < -0.4 is 4.31 Å². The first kappa shape index (κ1) is 17.3. The summed E-state index contributed by atoms with van der Waals surface area (Å²) in [5, 5.41) is 9.58. The van der Waals surface area contributed by atoms with Gasteiger partial charge in [-0.3, -0.25) is 4.55 Å². The minimum Gasteiger partial charge on any atom is -0.477 e. The van der Waals surface area contributed by atoms with Gasteiger partial charge in [0.25, 0.3) is 11.3 Å². The monoisotopic (exact) mass is 373 g/mol. The number of aryl methyl sites for hydroxylation is 1. The molecule has 0 bridgehead atoms. The van der Waals surface area contributed by atoms with E-state index in [1.807, 2.05) is 36.4 Å². The molecule has 5 nitrogen and oxygen atoms in total. The number of hydrogen-bond acceptors (Lipinski definition) is 3. The summed E-state index contributed by atoms with van der Waals surface area (Å²) in [6, 6.07) is 18.0. The Hall–Kier alpha value is -2.48. The smallest absolute Gasteiger partial charge is 0.348 e. The van der Waals surface area contributed by atoms with Gasteiger partial charge in [-0.05, 0) is 30.2 Å². The summed E-state index contributed by atoms with van der Waals surface area (Å²) in [7, 11) is 0. The van der Waals surface area contributed by atoms with Gasteiger partial charge >= 0.3 is 5.97 Å². The number of benzene rings is 2. The van der Waals surface area contributed by atoms with E-state index in [9.17, 15) is 18.7 Å². The Balaban J connectivity index is 2.20. The second-order valence-electron chi connectivity index (χ2n) is 5.31. The fraction of sp³-hybridized carbons (Fsp3) is 0.0556. The van der Waals surface area contributed by atoms with Crippen molar-refractivity contribution >= 4 is 39.9 Å². The summed E-state index contributed by atoms with van der Waals surface area (Å²) in [5.41, 5.74) is 2.32. The molecule has 2 aromatic carbocycles. The molecule has 7 heteroatoms. The Morgan fingerprint density at radius 3 is 2.28 bits per heavy atom. The lowest BCUT2D eigenvalue weighted by Crippen LogP contribution is -2.21. The van der Waals surface area contributed by atoms with Crippen LogP contribution in [0.4, 0.5) is 11.4 Å². The number of hydrogen-bond donors (Lipinski definition) is 2. The van der Waals surface area contributed by atoms with Crippen LogP contribution in [0.25, 0.3) is 10.4 Å². The number of aromatic carboxylic acids is 1. The van der Waals surface area contributed by atoms with Gasteiger partial charge in [0.05, 0.1) is 11.4 Å². The van der Waals surface area contributed by atoms with E-state index in [-0.39, 0.29) is 10.6 Å². The molecule has 2 N–H and O–H groups in total. The summed E-state index contributed by atoms with van der Waals surface area (Å²) in [6.07, 6.45) is 0. The lowest BCUT2D eigenvalue weighted by atomic mass is 10.1. The molecule has 0 aliphatic carbocycles. The number of anilines is 2. The molecular weight excluding hydrogens is 358 g/mol. The van der Waals surface area contributed by atoms with Gasteiger partial charge in [0.2, 0.25) is 0 Å². The molecule has 3 rings (SSSR count). The summed E-state index contributed by atoms with van der Waals surface area (Å²) in [6.45, 7) is 1.81. The highest BCUT2D eigenvalue weighted by Gasteiger charge is 2.26. The largest absolute Gasteiger partial charge is 0.477 e. The molecule has 0 spiro atoms. The quantitative estimate of drug-likeness (QED) is 0.636. The Bertz CT molecular complexity index is 937. The van der Waals surface area contributed by atoms with E-state index in [1.165, 1.54) is 0 Å². The van der Waals surface area contributed by atoms with E-state index in [0.29, 0.717) is 5.69 Å². The third-order valence-electron chi connectivity index (χ3n) is 3.67. The van der Waals surface area contributed by atoms with Gasteiger partial charge in [0.15, 0.2) is 0 Å². The average Bonchev–Trinajstić information content (AvgIpc) is 3.02. The van der Waals surface area contributed by atoms with Gasteiger partial charge in [0.1, 0.15) is 4.88 Å². The van der Waals surface area contributed by atoms with Gasteiger partial charge < -0.3 is 5.11 Å². The molecule has 0 amide bonds. The molecular formula is C18H15NO4S2. The van der Waals surface area contributed by atoms with Crippen molar-refractivity contribution in [3.8, 4) is 10.4 Å². The maximum absolute atomic E-state index is 12.0. The normalized spacial score (nSPS) is 11.9. The van der Waals surface area contributed by atoms with Crippen LogP contribution in [0.5, 0.6) is 0 Å². The first-order valence-corrected chi connectivity index (χ1v) is 9.26. The number of carboxylic acids is 1. The molecule has 0 saturated heterocycles. The van der Waals surface area contributed by atoms with E-state index in [0.717, 1.165) is 31.6 Å². The minimum atomic E-state index is -2.41. The number of para-hydroxylation sites is 1. The summed E-state index contributed by atoms with van der Waals surface area (Å²) in [5.74, 6) is -1.13. The van der Waals surface area contributed by atoms with Crippen LogP contribution in [0.1, 0.15) is 15.2 Å². The summed E-state index contributed by atoms with van der Waals surface area (Å²) in [4.78, 5) is 12.5. The maximum atomic E-state index is 12.0. The molecule has 0 radical (unpaired) electrons. The molecule has 3 aromatic rings. The van der Waals surface area contributed by atoms with Gasteiger partial charge in [-0.25, -0.2) is 13.3 Å². The van der Waals surface area contributed by atoms with E-state index in [2.05, 4.69) is 0 Å². The fourth-order valence-corrected chi connectivity index (χ4v) is 4.25. The van der Waals surface area contributed by atoms with Crippen LogP contribution in [0.3, 0.4) is 0 Å². The Morgan fingerprint density at radius 2 is 1.68 bits per heavy atom. The van der Waals surface area contributed by atoms with Crippen LogP contribution in [0, 0.1) is 6.92 Å². The lowest BCUT2D eigenvalue weighted by Gasteiger charge is -2.21. The van der Waals surface area contributed by atoms with Crippen LogP contribution in [0.2, 0.25) is 0 Å². The number of nitrogens with zero attached hydrogens (tertiary/aromatic N) is 1. The molecule has 25 heavy (non-hydrogen) atoms. The van der Waals surface area contributed by atoms with E-state index >= 15 is 0 Å². The van der Waals surface area contributed by atoms with Crippen molar-refractivity contribution in [1.82, 2.24) is 0 Å². The third kappa shape index (κ3) is 3.48. The van der Waals surface area contributed by atoms with Gasteiger partial charge in [0, 0.05) is 4.88 Å². The van der Waals surface area contributed by atoms with Crippen molar-refractivity contribution in [2.75, 3.05) is 4.31 Å². The van der Waals surface area contributed by atoms with Crippen LogP contribution in [-0.4, -0.2) is 19.8 Å². The highest BCUT2D eigenvalue weighted by molar-refractivity contribution is 7.81. The zero-order valence-corrected chi connectivity index (χ0v) is 14.9. The lowest BCUT2D eigenvalue weighted by molar-refractivity contribution is 0.0703. The molecule has 1 atom stereocenters. The van der Waals surface area contributed by atoms with E-state index in [1.54, 1.807) is 31.2 Å². The third-order valence-corrected chi connectivity index (χ3v) is 5.54. The van der Waals surface area contributed by atoms with Gasteiger partial charge in [-0.15, -0.1) is 11.3 Å². The van der Waals surface area contributed by atoms with E-state index < -0.39 is 17.2 Å². The van der Waals surface area contributed by atoms with Crippen molar-refractivity contribution in [2.45, 2.75) is 6.92 Å². The molecule has 0 aliphatic rings. The Labute approximate surface area is 151 Å². The standard InChI is InChI=1S/C18H15NO4S2/c1-12-7-5-6-10-14(12)19(25(22)23)15-11-16(24-17(15)18(20)21)13-8-3-2-4-9-13/h2-11H,1H3,(H,20,21)(H,22,23). The van der Waals surface area contributed by atoms with Crippen molar-refractivity contribution < 1.29 is 18.7 Å². The number of carbonyl (C=O) groups is 1. The first-order chi connectivity index (χ1) is 12.0. The number of thiophene rings is 1. The SMILES string of the molecule is Cc1ccccc1N(c1cc(-c2ccccc2)sc1C(=O)O)S(=O)O. The zero-order valence-electron chi connectivity index (χ0n) is 13.2. The molecule has 1 heterocycles. The average molecular weight is 373 g/mol. The van der Waals surface area contributed by atoms with Crippen molar-refractivity contribution in [3.05, 3.63) is 71.1 Å². The topological polar surface area (TPSA) is 77.8 Å². The van der Waals surface area contributed by atoms with E-state index in [4.69, 9.17) is 0 Å². The van der Waals surface area contributed by atoms with Crippen molar-refractivity contribution in [1.29, 1.82) is 0 Å². The molecule has 0 fully saturated rings. The molecule has 1 aromatic heterocycles. The number of carboxylic acid groups (broad SMARTS) is 1. The molecule has 0 aliphatic heterocycles. The van der Waals surface area contributed by atoms with Gasteiger partial charge in [-0.2, -0.15) is 0 Å². The van der Waals surface area contributed by atoms with Gasteiger partial charge in [-0.1, -0.05) is 48.5 Å². The molecule has 1 unspecified atom stereocenters. The molecule has 0 saturated carbocycles. The predicted molar refractivity (Wildman–Crippen MR) is 101 cm³/mol. The Kier molecular flexibility index (Phi) is 4.98. The second kappa shape index (κ2) is 7.18. The minimum absolute atomic E-state index is 0.0181. The fourth-order valence-electron chi connectivity index (χ4n) is 2.52. The van der Waals surface area contributed by atoms with Crippen molar-refractivity contribution in [2.24, 2.45) is 0 Å². The Morgan fingerprint density at radius 1 is 1.04 bits per heavy atom. The first-order valence-electron chi connectivity index (χ1n) is 7.38. The molecule has 128 valence electrons. The zero-order chi connectivity index (χ0) is 18.0. The predicted octanol–water partition coefficient (Wildman–Crippen LogP) is 4.70.